The molecule has 32 heavy (non-hydrogen) atoms. The molecule has 2 amide bonds. The highest BCUT2D eigenvalue weighted by Crippen LogP contribution is 2.27. The lowest BCUT2D eigenvalue weighted by Crippen LogP contribution is -2.38. The van der Waals surface area contributed by atoms with E-state index < -0.39 is 14.6 Å². The molecule has 1 atom stereocenters. The highest BCUT2D eigenvalue weighted by atomic mass is 79.9. The second-order valence-corrected chi connectivity index (χ2v) is 10.3. The van der Waals surface area contributed by atoms with E-state index in [4.69, 9.17) is 10.2 Å². The predicted molar refractivity (Wildman–Crippen MR) is 129 cm³/mol. The van der Waals surface area contributed by atoms with Crippen LogP contribution in [0.1, 0.15) is 34.1 Å². The molecule has 0 aromatic rings. The molecule has 0 aliphatic rings. The Balaban J connectivity index is -0.000000441. The number of aliphatic hydroxyl groups excluding tert-OH is 2. The maximum Gasteiger partial charge on any atom is 0.322 e. The summed E-state index contributed by atoms with van der Waals surface area (Å²) in [5.74, 6) is -1.10. The predicted octanol–water partition coefficient (Wildman–Crippen LogP) is 1.06. The van der Waals surface area contributed by atoms with E-state index in [0.29, 0.717) is 13.0 Å². The summed E-state index contributed by atoms with van der Waals surface area (Å²) in [6.07, 6.45) is 1.49. The van der Waals surface area contributed by atoms with Crippen molar-refractivity contribution in [1.29, 1.82) is 0 Å². The Labute approximate surface area is 206 Å². The van der Waals surface area contributed by atoms with Crippen LogP contribution >= 0.6 is 31.9 Å². The zero-order chi connectivity index (χ0) is 26.0. The zero-order valence-corrected chi connectivity index (χ0v) is 22.7. The number of alkyl halides is 2. The summed E-state index contributed by atoms with van der Waals surface area (Å²) in [4.78, 5) is 43.2. The van der Waals surface area contributed by atoms with Crippen molar-refractivity contribution >= 4 is 55.6 Å². The van der Waals surface area contributed by atoms with Crippen molar-refractivity contribution in [2.24, 2.45) is 5.41 Å². The summed E-state index contributed by atoms with van der Waals surface area (Å²) in [5, 5.41) is 21.6. The van der Waals surface area contributed by atoms with Crippen LogP contribution in [0.2, 0.25) is 0 Å². The number of nitrogens with one attached hydrogen (secondary N) is 2. The third kappa shape index (κ3) is 19.2. The number of esters is 2. The fraction of sp³-hybridized carbons (Fsp3) is 0.700. The first-order valence-corrected chi connectivity index (χ1v) is 11.2. The van der Waals surface area contributed by atoms with Crippen LogP contribution in [0.25, 0.3) is 0 Å². The number of methoxy groups -OCH3 is 2. The number of carbonyl (C=O) groups excluding carboxylic acids is 4. The van der Waals surface area contributed by atoms with E-state index in [1.165, 1.54) is 14.2 Å². The molecule has 12 heteroatoms. The van der Waals surface area contributed by atoms with Gasteiger partial charge in [-0.15, -0.1) is 0 Å². The topological polar surface area (TPSA) is 151 Å². The van der Waals surface area contributed by atoms with Crippen LogP contribution in [0.5, 0.6) is 0 Å². The van der Waals surface area contributed by atoms with E-state index >= 15 is 0 Å². The summed E-state index contributed by atoms with van der Waals surface area (Å²) in [6.45, 7) is 10.5. The Morgan fingerprint density at radius 2 is 1.41 bits per heavy atom. The van der Waals surface area contributed by atoms with Gasteiger partial charge in [0.2, 0.25) is 11.8 Å². The third-order valence-electron chi connectivity index (χ3n) is 3.39. The van der Waals surface area contributed by atoms with Gasteiger partial charge in [-0.3, -0.25) is 19.2 Å². The minimum Gasteiger partial charge on any atom is -0.469 e. The van der Waals surface area contributed by atoms with Gasteiger partial charge in [0, 0.05) is 13.1 Å². The van der Waals surface area contributed by atoms with Crippen LogP contribution in [0, 0.1) is 5.41 Å². The van der Waals surface area contributed by atoms with Gasteiger partial charge in [0.25, 0.3) is 0 Å². The Bertz CT molecular complexity index is 593. The lowest BCUT2D eigenvalue weighted by molar-refractivity contribution is -0.151. The monoisotopic (exact) mass is 590 g/mol. The number of carbonyl (C=O) groups is 4. The van der Waals surface area contributed by atoms with Crippen LogP contribution in [0.15, 0.2) is 12.7 Å². The van der Waals surface area contributed by atoms with Gasteiger partial charge in [-0.05, 0) is 40.2 Å². The Kier molecular flexibility index (Phi) is 20.9. The van der Waals surface area contributed by atoms with Gasteiger partial charge in [-0.1, -0.05) is 38.4 Å². The maximum atomic E-state index is 11.5. The molecule has 10 nitrogen and oxygen atoms in total. The first kappa shape index (κ1) is 35.1. The number of hydrogen-bond acceptors (Lipinski definition) is 8. The molecule has 0 heterocycles. The van der Waals surface area contributed by atoms with E-state index in [1.807, 2.05) is 0 Å². The minimum absolute atomic E-state index is 0.0282. The summed E-state index contributed by atoms with van der Waals surface area (Å²) in [6, 6.07) is 0. The molecular weight excluding hydrogens is 556 g/mol. The Morgan fingerprint density at radius 3 is 1.72 bits per heavy atom. The number of halogens is 2. The molecule has 0 spiro atoms. The average molecular weight is 592 g/mol. The van der Waals surface area contributed by atoms with E-state index in [0.717, 1.165) is 6.08 Å². The summed E-state index contributed by atoms with van der Waals surface area (Å²) in [7, 11) is 2.69. The number of ether oxygens (including phenoxy) is 2. The SMILES string of the molecule is C=CC(=O)NCCO.COC(=O)C(C)(C)Br.COC(=O)C(C)(C)CC(Br)C(=O)NCCO. The molecule has 0 fully saturated rings. The van der Waals surface area contributed by atoms with E-state index in [-0.39, 0.29) is 43.5 Å². The lowest BCUT2D eigenvalue weighted by Gasteiger charge is -2.23. The van der Waals surface area contributed by atoms with Crippen molar-refractivity contribution in [2.75, 3.05) is 40.5 Å². The third-order valence-corrected chi connectivity index (χ3v) is 4.45. The van der Waals surface area contributed by atoms with Crippen molar-refractivity contribution in [3.8, 4) is 0 Å². The number of rotatable bonds is 10. The van der Waals surface area contributed by atoms with Crippen molar-refractivity contribution in [1.82, 2.24) is 10.6 Å². The molecule has 0 aliphatic carbocycles. The average Bonchev–Trinajstić information content (AvgIpc) is 2.74. The molecule has 188 valence electrons. The molecule has 0 saturated carbocycles. The maximum absolute atomic E-state index is 11.5. The van der Waals surface area contributed by atoms with Crippen LogP contribution < -0.4 is 10.6 Å². The van der Waals surface area contributed by atoms with Crippen molar-refractivity contribution in [3.05, 3.63) is 12.7 Å². The zero-order valence-electron chi connectivity index (χ0n) is 19.5. The fourth-order valence-corrected chi connectivity index (χ4v) is 2.82. The van der Waals surface area contributed by atoms with Gasteiger partial charge in [0.05, 0.1) is 37.7 Å². The highest BCUT2D eigenvalue weighted by Gasteiger charge is 2.33. The van der Waals surface area contributed by atoms with Crippen LogP contribution in [-0.2, 0) is 28.7 Å². The first-order valence-electron chi connectivity index (χ1n) is 9.54. The fourth-order valence-electron chi connectivity index (χ4n) is 1.68. The van der Waals surface area contributed by atoms with E-state index in [2.05, 4.69) is 58.5 Å². The van der Waals surface area contributed by atoms with Crippen molar-refractivity contribution in [2.45, 2.75) is 43.3 Å². The van der Waals surface area contributed by atoms with Gasteiger partial charge in [0.15, 0.2) is 0 Å². The second kappa shape index (κ2) is 19.0. The number of amides is 2. The van der Waals surface area contributed by atoms with Crippen molar-refractivity contribution < 1.29 is 38.9 Å². The summed E-state index contributed by atoms with van der Waals surface area (Å²) >= 11 is 6.33. The minimum atomic E-state index is -0.723. The molecule has 1 unspecified atom stereocenters. The number of hydrogen-bond donors (Lipinski definition) is 4. The molecule has 0 bridgehead atoms. The Morgan fingerprint density at radius 1 is 0.969 bits per heavy atom. The normalized spacial score (nSPS) is 11.3. The first-order chi connectivity index (χ1) is 14.6. The van der Waals surface area contributed by atoms with E-state index in [1.54, 1.807) is 27.7 Å². The molecule has 0 saturated heterocycles. The molecule has 0 rings (SSSR count). The van der Waals surface area contributed by atoms with Gasteiger partial charge in [-0.2, -0.15) is 0 Å². The summed E-state index contributed by atoms with van der Waals surface area (Å²) < 4.78 is 8.53. The highest BCUT2D eigenvalue weighted by molar-refractivity contribution is 9.10. The van der Waals surface area contributed by atoms with Gasteiger partial charge in [-0.25, -0.2) is 0 Å². The van der Waals surface area contributed by atoms with Crippen LogP contribution in [0.4, 0.5) is 0 Å². The standard InChI is InChI=1S/C10H18BrNO4.C5H9BrO2.C5H9NO2/c1-10(2,9(15)16-3)6-7(11)8(14)12-4-5-13;1-5(2,6)4(7)8-3;1-2-5(8)6-3-4-7/h7,13H,4-6H2,1-3H3,(H,12,14);1-3H3;2,7H,1,3-4H2,(H,6,8). The largest absolute Gasteiger partial charge is 0.469 e. The molecule has 0 radical (unpaired) electrons. The van der Waals surface area contributed by atoms with Gasteiger partial charge >= 0.3 is 11.9 Å². The van der Waals surface area contributed by atoms with Crippen LogP contribution in [-0.4, -0.2) is 83.6 Å². The number of aliphatic hydroxyl groups is 2. The molecule has 4 N–H and O–H groups in total. The van der Waals surface area contributed by atoms with Gasteiger partial charge < -0.3 is 30.3 Å². The quantitative estimate of drug-likeness (QED) is 0.167. The smallest absolute Gasteiger partial charge is 0.322 e. The molecule has 0 aromatic carbocycles. The molecular formula is C20H36Br2N2O8. The Hall–Kier alpha value is -1.50. The lowest BCUT2D eigenvalue weighted by atomic mass is 9.88. The molecule has 0 aliphatic heterocycles. The summed E-state index contributed by atoms with van der Waals surface area (Å²) in [5.41, 5.74) is -0.723. The second-order valence-electron chi connectivity index (χ2n) is 7.24. The van der Waals surface area contributed by atoms with Crippen LogP contribution in [0.3, 0.4) is 0 Å². The van der Waals surface area contributed by atoms with Gasteiger partial charge in [0.1, 0.15) is 4.32 Å². The van der Waals surface area contributed by atoms with Crippen molar-refractivity contribution in [3.63, 3.8) is 0 Å². The molecule has 0 aromatic heterocycles. The van der Waals surface area contributed by atoms with E-state index in [9.17, 15) is 19.2 Å².